The van der Waals surface area contributed by atoms with Crippen molar-refractivity contribution in [3.63, 3.8) is 0 Å². The fraction of sp³-hybridized carbons (Fsp3) is 0.429. The fourth-order valence-electron chi connectivity index (χ4n) is 2.01. The van der Waals surface area contributed by atoms with E-state index in [-0.39, 0.29) is 11.9 Å². The van der Waals surface area contributed by atoms with Gasteiger partial charge < -0.3 is 5.32 Å². The Hall–Kier alpha value is -2.24. The van der Waals surface area contributed by atoms with Crippen LogP contribution >= 0.6 is 0 Å². The second-order valence-corrected chi connectivity index (χ2v) is 4.75. The molecule has 1 N–H and O–H groups in total. The number of amides is 1. The maximum Gasteiger partial charge on any atom is 0.222 e. The van der Waals surface area contributed by atoms with Crippen molar-refractivity contribution in [3.8, 4) is 0 Å². The molecule has 0 aromatic carbocycles. The molecule has 0 fully saturated rings. The molecule has 0 aliphatic rings. The van der Waals surface area contributed by atoms with Gasteiger partial charge in [0.25, 0.3) is 0 Å². The van der Waals surface area contributed by atoms with E-state index in [1.807, 2.05) is 32.9 Å². The van der Waals surface area contributed by atoms with Gasteiger partial charge in [-0.3, -0.25) is 9.78 Å². The van der Waals surface area contributed by atoms with E-state index in [2.05, 4.69) is 20.4 Å². The summed E-state index contributed by atoms with van der Waals surface area (Å²) in [6.07, 6.45) is 3.86. The zero-order chi connectivity index (χ0) is 14.5. The van der Waals surface area contributed by atoms with Crippen LogP contribution in [0.25, 0.3) is 0 Å². The first-order chi connectivity index (χ1) is 9.56. The van der Waals surface area contributed by atoms with Gasteiger partial charge in [-0.25, -0.2) is 9.67 Å². The molecule has 0 saturated carbocycles. The van der Waals surface area contributed by atoms with Gasteiger partial charge in [0.2, 0.25) is 5.91 Å². The van der Waals surface area contributed by atoms with E-state index in [0.29, 0.717) is 13.0 Å². The van der Waals surface area contributed by atoms with Gasteiger partial charge in [-0.15, -0.1) is 0 Å². The zero-order valence-electron chi connectivity index (χ0n) is 12.0. The standard InChI is InChI=1S/C14H19N5O/c1-10(13-5-4-7-15-9-13)16-14(20)6-8-19-12(3)17-11(2)18-19/h4-5,7,9-10H,6,8H2,1-3H3,(H,16,20)/t10-/m1/s1. The largest absolute Gasteiger partial charge is 0.349 e. The minimum Gasteiger partial charge on any atom is -0.349 e. The van der Waals surface area contributed by atoms with E-state index in [4.69, 9.17) is 0 Å². The van der Waals surface area contributed by atoms with Gasteiger partial charge in [0, 0.05) is 18.8 Å². The maximum atomic E-state index is 11.9. The Bertz CT molecular complexity index is 579. The minimum absolute atomic E-state index is 0.00564. The summed E-state index contributed by atoms with van der Waals surface area (Å²) in [6.45, 7) is 6.21. The highest BCUT2D eigenvalue weighted by Gasteiger charge is 2.10. The first-order valence-corrected chi connectivity index (χ1v) is 6.63. The van der Waals surface area contributed by atoms with Gasteiger partial charge in [0.1, 0.15) is 11.6 Å². The molecule has 0 aliphatic carbocycles. The number of nitrogens with one attached hydrogen (secondary N) is 1. The first-order valence-electron chi connectivity index (χ1n) is 6.63. The molecular formula is C14H19N5O. The average molecular weight is 273 g/mol. The van der Waals surface area contributed by atoms with Crippen molar-refractivity contribution in [1.82, 2.24) is 25.1 Å². The van der Waals surface area contributed by atoms with Crippen LogP contribution in [0.5, 0.6) is 0 Å². The summed E-state index contributed by atoms with van der Waals surface area (Å²) in [5.74, 6) is 1.55. The van der Waals surface area contributed by atoms with Crippen molar-refractivity contribution in [2.75, 3.05) is 0 Å². The summed E-state index contributed by atoms with van der Waals surface area (Å²) >= 11 is 0. The van der Waals surface area contributed by atoms with E-state index in [9.17, 15) is 4.79 Å². The van der Waals surface area contributed by atoms with Crippen molar-refractivity contribution in [3.05, 3.63) is 41.7 Å². The topological polar surface area (TPSA) is 72.7 Å². The number of hydrogen-bond donors (Lipinski definition) is 1. The van der Waals surface area contributed by atoms with Crippen LogP contribution in [0.3, 0.4) is 0 Å². The second-order valence-electron chi connectivity index (χ2n) is 4.75. The van der Waals surface area contributed by atoms with Crippen LogP contribution in [0, 0.1) is 13.8 Å². The Morgan fingerprint density at radius 2 is 2.25 bits per heavy atom. The Balaban J connectivity index is 1.85. The molecule has 1 atom stereocenters. The van der Waals surface area contributed by atoms with Crippen molar-refractivity contribution < 1.29 is 4.79 Å². The first kappa shape index (κ1) is 14.2. The van der Waals surface area contributed by atoms with Gasteiger partial charge in [-0.05, 0) is 32.4 Å². The molecule has 0 spiro atoms. The van der Waals surface area contributed by atoms with E-state index in [1.54, 1.807) is 17.1 Å². The third-order valence-corrected chi connectivity index (χ3v) is 3.08. The fourth-order valence-corrected chi connectivity index (χ4v) is 2.01. The number of aromatic nitrogens is 4. The summed E-state index contributed by atoms with van der Waals surface area (Å²) in [7, 11) is 0. The molecule has 20 heavy (non-hydrogen) atoms. The lowest BCUT2D eigenvalue weighted by Crippen LogP contribution is -2.27. The molecule has 6 heteroatoms. The van der Waals surface area contributed by atoms with E-state index in [1.165, 1.54) is 0 Å². The molecule has 0 aliphatic heterocycles. The summed E-state index contributed by atoms with van der Waals surface area (Å²) < 4.78 is 1.75. The van der Waals surface area contributed by atoms with Crippen LogP contribution in [-0.2, 0) is 11.3 Å². The van der Waals surface area contributed by atoms with Crippen LogP contribution in [0.15, 0.2) is 24.5 Å². The smallest absolute Gasteiger partial charge is 0.222 e. The molecular weight excluding hydrogens is 254 g/mol. The molecule has 106 valence electrons. The maximum absolute atomic E-state index is 11.9. The Kier molecular flexibility index (Phi) is 4.45. The van der Waals surface area contributed by atoms with Crippen molar-refractivity contribution in [2.24, 2.45) is 0 Å². The Morgan fingerprint density at radius 3 is 2.85 bits per heavy atom. The summed E-state index contributed by atoms with van der Waals surface area (Å²) in [5, 5.41) is 7.19. The number of nitrogens with zero attached hydrogens (tertiary/aromatic N) is 4. The normalized spacial score (nSPS) is 12.2. The third-order valence-electron chi connectivity index (χ3n) is 3.08. The van der Waals surface area contributed by atoms with Crippen molar-refractivity contribution >= 4 is 5.91 Å². The molecule has 0 saturated heterocycles. The van der Waals surface area contributed by atoms with Gasteiger partial charge in [0.05, 0.1) is 12.6 Å². The summed E-state index contributed by atoms with van der Waals surface area (Å²) in [6, 6.07) is 3.76. The molecule has 6 nitrogen and oxygen atoms in total. The molecule has 2 rings (SSSR count). The third kappa shape index (κ3) is 3.63. The number of hydrogen-bond acceptors (Lipinski definition) is 4. The Morgan fingerprint density at radius 1 is 1.45 bits per heavy atom. The molecule has 0 bridgehead atoms. The van der Waals surface area contributed by atoms with Gasteiger partial charge >= 0.3 is 0 Å². The molecule has 1 amide bonds. The predicted octanol–water partition coefficient (Wildman–Crippen LogP) is 1.56. The van der Waals surface area contributed by atoms with Crippen LogP contribution in [0.2, 0.25) is 0 Å². The lowest BCUT2D eigenvalue weighted by Gasteiger charge is -2.13. The van der Waals surface area contributed by atoms with Gasteiger partial charge in [0.15, 0.2) is 0 Å². The van der Waals surface area contributed by atoms with Crippen molar-refractivity contribution in [1.29, 1.82) is 0 Å². The summed E-state index contributed by atoms with van der Waals surface area (Å²) in [4.78, 5) is 20.2. The van der Waals surface area contributed by atoms with Gasteiger partial charge in [-0.1, -0.05) is 6.07 Å². The SMILES string of the molecule is Cc1nc(C)n(CCC(=O)N[C@H](C)c2cccnc2)n1. The second kappa shape index (κ2) is 6.27. The average Bonchev–Trinajstić information content (AvgIpc) is 2.75. The highest BCUT2D eigenvalue weighted by molar-refractivity contribution is 5.76. The van der Waals surface area contributed by atoms with E-state index in [0.717, 1.165) is 17.2 Å². The molecule has 2 aromatic rings. The molecule has 2 heterocycles. The van der Waals surface area contributed by atoms with Crippen LogP contribution < -0.4 is 5.32 Å². The van der Waals surface area contributed by atoms with Crippen molar-refractivity contribution in [2.45, 2.75) is 39.8 Å². The van der Waals surface area contributed by atoms with Crippen LogP contribution in [-0.4, -0.2) is 25.7 Å². The monoisotopic (exact) mass is 273 g/mol. The lowest BCUT2D eigenvalue weighted by molar-refractivity contribution is -0.122. The molecule has 0 unspecified atom stereocenters. The number of carbonyl (C=O) groups is 1. The molecule has 0 radical (unpaired) electrons. The number of rotatable bonds is 5. The zero-order valence-corrected chi connectivity index (χ0v) is 12.0. The van der Waals surface area contributed by atoms with E-state index >= 15 is 0 Å². The number of pyridine rings is 1. The number of carbonyl (C=O) groups excluding carboxylic acids is 1. The molecule has 2 aromatic heterocycles. The predicted molar refractivity (Wildman–Crippen MR) is 74.9 cm³/mol. The van der Waals surface area contributed by atoms with Gasteiger partial charge in [-0.2, -0.15) is 5.10 Å². The van der Waals surface area contributed by atoms with Crippen LogP contribution in [0.1, 0.15) is 36.6 Å². The lowest BCUT2D eigenvalue weighted by atomic mass is 10.1. The Labute approximate surface area is 118 Å². The minimum atomic E-state index is -0.0465. The summed E-state index contributed by atoms with van der Waals surface area (Å²) in [5.41, 5.74) is 0.994. The highest BCUT2D eigenvalue weighted by Crippen LogP contribution is 2.10. The number of aryl methyl sites for hydroxylation is 3. The van der Waals surface area contributed by atoms with Crippen LogP contribution in [0.4, 0.5) is 0 Å². The highest BCUT2D eigenvalue weighted by atomic mass is 16.1. The van der Waals surface area contributed by atoms with E-state index < -0.39 is 0 Å². The quantitative estimate of drug-likeness (QED) is 0.897.